The van der Waals surface area contributed by atoms with Crippen LogP contribution in [0.1, 0.15) is 19.3 Å². The van der Waals surface area contributed by atoms with Crippen molar-refractivity contribution in [1.82, 2.24) is 10.2 Å². The molecule has 0 saturated carbocycles. The van der Waals surface area contributed by atoms with E-state index in [0.29, 0.717) is 25.9 Å². The van der Waals surface area contributed by atoms with Crippen LogP contribution in [-0.4, -0.2) is 46.9 Å². The summed E-state index contributed by atoms with van der Waals surface area (Å²) in [5.41, 5.74) is -0.140. The minimum Gasteiger partial charge on any atom is -0.379 e. The van der Waals surface area contributed by atoms with Gasteiger partial charge in [0.05, 0.1) is 28.8 Å². The highest BCUT2D eigenvalue weighted by molar-refractivity contribution is 5.85. The Hall–Kier alpha value is -2.44. The van der Waals surface area contributed by atoms with E-state index in [9.17, 15) is 19.3 Å². The molecule has 3 rings (SSSR count). The summed E-state index contributed by atoms with van der Waals surface area (Å²) in [7, 11) is 0. The second kappa shape index (κ2) is 8.29. The quantitative estimate of drug-likeness (QED) is 0.606. The summed E-state index contributed by atoms with van der Waals surface area (Å²) in [6.45, 7) is 1.06. The Morgan fingerprint density at radius 3 is 2.92 bits per heavy atom. The largest absolute Gasteiger partial charge is 0.379 e. The van der Waals surface area contributed by atoms with Crippen molar-refractivity contribution in [3.05, 3.63) is 34.1 Å². The smallest absolute Gasteiger partial charge is 0.272 e. The van der Waals surface area contributed by atoms with Gasteiger partial charge in [0.2, 0.25) is 5.91 Å². The van der Waals surface area contributed by atoms with E-state index < -0.39 is 16.8 Å². The van der Waals surface area contributed by atoms with Crippen LogP contribution in [0.3, 0.4) is 0 Å². The predicted molar refractivity (Wildman–Crippen MR) is 94.5 cm³/mol. The molecule has 0 unspecified atom stereocenters. The van der Waals surface area contributed by atoms with Gasteiger partial charge in [0, 0.05) is 25.2 Å². The van der Waals surface area contributed by atoms with Crippen LogP contribution in [0.4, 0.5) is 15.8 Å². The van der Waals surface area contributed by atoms with E-state index in [1.807, 2.05) is 0 Å². The first-order chi connectivity index (χ1) is 12.0. The molecular weight excluding hydrogens is 365 g/mol. The van der Waals surface area contributed by atoms with Crippen LogP contribution in [0, 0.1) is 27.3 Å². The van der Waals surface area contributed by atoms with Crippen LogP contribution in [0.15, 0.2) is 18.2 Å². The minimum absolute atomic E-state index is 0. The van der Waals surface area contributed by atoms with E-state index in [-0.39, 0.29) is 41.8 Å². The number of nitrogens with one attached hydrogen (secondary N) is 2. The number of nitriles is 1. The maximum absolute atomic E-state index is 14.0. The second-order valence-corrected chi connectivity index (χ2v) is 6.28. The Labute approximate surface area is 155 Å². The lowest BCUT2D eigenvalue weighted by atomic mass is 10.1. The van der Waals surface area contributed by atoms with Gasteiger partial charge in [-0.1, -0.05) is 0 Å². The maximum Gasteiger partial charge on any atom is 0.272 e. The summed E-state index contributed by atoms with van der Waals surface area (Å²) >= 11 is 0. The molecule has 2 fully saturated rings. The standard InChI is InChI=1S/C16H18FN5O3.ClH/c17-13-7-11(22(24)25)3-4-14(13)20-10-6-15(19-9-10)16(23)21-5-1-2-12(21)8-18;/h3-4,7,10,12,15,19-20H,1-2,5-6,9H2;1H/t10-,12-,15-;/m0./s1. The van der Waals surface area contributed by atoms with Crippen molar-refractivity contribution < 1.29 is 14.1 Å². The summed E-state index contributed by atoms with van der Waals surface area (Å²) in [5.74, 6) is -0.800. The lowest BCUT2D eigenvalue weighted by Gasteiger charge is -2.23. The molecule has 2 N–H and O–H groups in total. The zero-order valence-corrected chi connectivity index (χ0v) is 14.7. The van der Waals surface area contributed by atoms with E-state index in [1.165, 1.54) is 12.1 Å². The number of nitro groups is 1. The van der Waals surface area contributed by atoms with Crippen molar-refractivity contribution in [3.63, 3.8) is 0 Å². The molecule has 1 amide bonds. The zero-order chi connectivity index (χ0) is 18.0. The number of benzene rings is 1. The molecule has 2 aliphatic heterocycles. The minimum atomic E-state index is -0.701. The van der Waals surface area contributed by atoms with E-state index >= 15 is 0 Å². The van der Waals surface area contributed by atoms with Gasteiger partial charge in [-0.25, -0.2) is 4.39 Å². The molecule has 0 aromatic heterocycles. The van der Waals surface area contributed by atoms with Gasteiger partial charge >= 0.3 is 0 Å². The number of halogens is 2. The van der Waals surface area contributed by atoms with Gasteiger partial charge in [0.25, 0.3) is 5.69 Å². The summed E-state index contributed by atoms with van der Waals surface area (Å²) in [6, 6.07) is 4.63. The lowest BCUT2D eigenvalue weighted by molar-refractivity contribution is -0.385. The molecular formula is C16H19ClFN5O3. The number of amides is 1. The summed E-state index contributed by atoms with van der Waals surface area (Å²) < 4.78 is 14.0. The highest BCUT2D eigenvalue weighted by Gasteiger charge is 2.37. The van der Waals surface area contributed by atoms with Crippen LogP contribution in [0.2, 0.25) is 0 Å². The molecule has 0 bridgehead atoms. The third-order valence-corrected chi connectivity index (χ3v) is 4.64. The van der Waals surface area contributed by atoms with Crippen LogP contribution in [0.25, 0.3) is 0 Å². The molecule has 140 valence electrons. The highest BCUT2D eigenvalue weighted by atomic mass is 35.5. The number of hydrogen-bond donors (Lipinski definition) is 2. The SMILES string of the molecule is Cl.N#C[C@@H]1CCCN1C(=O)[C@@H]1C[C@H](Nc2ccc([N+](=O)[O-])cc2F)CN1. The molecule has 1 aromatic carbocycles. The Bertz CT molecular complexity index is 741. The van der Waals surface area contributed by atoms with Crippen LogP contribution in [-0.2, 0) is 4.79 Å². The second-order valence-electron chi connectivity index (χ2n) is 6.28. The number of carbonyl (C=O) groups is 1. The summed E-state index contributed by atoms with van der Waals surface area (Å²) in [4.78, 5) is 24.1. The number of nitrogens with zero attached hydrogens (tertiary/aromatic N) is 3. The molecule has 2 aliphatic rings. The normalized spacial score (nSPS) is 24.6. The van der Waals surface area contributed by atoms with Crippen LogP contribution >= 0.6 is 12.4 Å². The molecule has 2 heterocycles. The topological polar surface area (TPSA) is 111 Å². The van der Waals surface area contributed by atoms with Crippen LogP contribution in [0.5, 0.6) is 0 Å². The van der Waals surface area contributed by atoms with Gasteiger partial charge in [-0.2, -0.15) is 5.26 Å². The number of non-ortho nitro benzene ring substituents is 1. The third kappa shape index (κ3) is 4.03. The maximum atomic E-state index is 14.0. The van der Waals surface area contributed by atoms with E-state index in [1.54, 1.807) is 4.90 Å². The first-order valence-corrected chi connectivity index (χ1v) is 8.13. The van der Waals surface area contributed by atoms with Crippen LogP contribution < -0.4 is 10.6 Å². The Morgan fingerprint density at radius 1 is 1.50 bits per heavy atom. The zero-order valence-electron chi connectivity index (χ0n) is 13.9. The highest BCUT2D eigenvalue weighted by Crippen LogP contribution is 2.24. The van der Waals surface area contributed by atoms with Gasteiger partial charge in [0.1, 0.15) is 6.04 Å². The van der Waals surface area contributed by atoms with E-state index in [2.05, 4.69) is 16.7 Å². The number of rotatable bonds is 4. The predicted octanol–water partition coefficient (Wildman–Crippen LogP) is 1.81. The van der Waals surface area contributed by atoms with E-state index in [0.717, 1.165) is 12.5 Å². The molecule has 0 aliphatic carbocycles. The van der Waals surface area contributed by atoms with Crippen molar-refractivity contribution in [2.24, 2.45) is 0 Å². The van der Waals surface area contributed by atoms with Gasteiger partial charge in [-0.3, -0.25) is 14.9 Å². The van der Waals surface area contributed by atoms with Gasteiger partial charge in [0.15, 0.2) is 5.82 Å². The monoisotopic (exact) mass is 383 g/mol. The van der Waals surface area contributed by atoms with Crippen molar-refractivity contribution in [2.45, 2.75) is 37.4 Å². The van der Waals surface area contributed by atoms with Crippen molar-refractivity contribution in [3.8, 4) is 6.07 Å². The first kappa shape index (κ1) is 19.9. The Kier molecular flexibility index (Phi) is 6.34. The Morgan fingerprint density at radius 2 is 2.27 bits per heavy atom. The fourth-order valence-electron chi connectivity index (χ4n) is 3.35. The van der Waals surface area contributed by atoms with Gasteiger partial charge < -0.3 is 15.5 Å². The molecule has 0 spiro atoms. The number of carbonyl (C=O) groups excluding carboxylic acids is 1. The van der Waals surface area contributed by atoms with Gasteiger partial charge in [-0.15, -0.1) is 12.4 Å². The number of nitro benzene ring substituents is 1. The molecule has 1 aromatic rings. The Balaban J connectivity index is 0.00000243. The first-order valence-electron chi connectivity index (χ1n) is 8.13. The lowest BCUT2D eigenvalue weighted by Crippen LogP contribution is -2.45. The molecule has 0 radical (unpaired) electrons. The molecule has 2 saturated heterocycles. The van der Waals surface area contributed by atoms with Gasteiger partial charge in [-0.05, 0) is 25.3 Å². The summed E-state index contributed by atoms with van der Waals surface area (Å²) in [6.07, 6.45) is 1.99. The average molecular weight is 384 g/mol. The number of anilines is 1. The van der Waals surface area contributed by atoms with Crippen molar-refractivity contribution in [1.29, 1.82) is 5.26 Å². The molecule has 26 heavy (non-hydrogen) atoms. The third-order valence-electron chi connectivity index (χ3n) is 4.64. The average Bonchev–Trinajstić information content (AvgIpc) is 3.24. The summed E-state index contributed by atoms with van der Waals surface area (Å²) in [5, 5.41) is 25.8. The fraction of sp³-hybridized carbons (Fsp3) is 0.500. The molecule has 10 heteroatoms. The number of likely N-dealkylation sites (tertiary alicyclic amines) is 1. The number of hydrogen-bond acceptors (Lipinski definition) is 6. The molecule has 3 atom stereocenters. The van der Waals surface area contributed by atoms with Crippen molar-refractivity contribution >= 4 is 29.7 Å². The molecule has 8 nitrogen and oxygen atoms in total. The van der Waals surface area contributed by atoms with E-state index in [4.69, 9.17) is 5.26 Å². The van der Waals surface area contributed by atoms with Crippen molar-refractivity contribution in [2.75, 3.05) is 18.4 Å². The fourth-order valence-corrected chi connectivity index (χ4v) is 3.35.